The summed E-state index contributed by atoms with van der Waals surface area (Å²) in [5, 5.41) is 10.3. The summed E-state index contributed by atoms with van der Waals surface area (Å²) in [4.78, 5) is 11.6. The number of carbonyl (C=O) groups excluding carboxylic acids is 1. The molecule has 0 unspecified atom stereocenters. The van der Waals surface area contributed by atoms with E-state index in [1.165, 1.54) is 0 Å². The van der Waals surface area contributed by atoms with Crippen molar-refractivity contribution >= 4 is 5.91 Å². The molecule has 0 aliphatic rings. The van der Waals surface area contributed by atoms with E-state index in [9.17, 15) is 4.79 Å². The number of benzene rings is 1. The molecule has 5 nitrogen and oxygen atoms in total. The molecule has 1 heterocycles. The Balaban J connectivity index is 2.15. The monoisotopic (exact) mass is 245 g/mol. The lowest BCUT2D eigenvalue weighted by Gasteiger charge is -1.97. The fourth-order valence-corrected chi connectivity index (χ4v) is 1.44. The molecule has 0 bridgehead atoms. The van der Waals surface area contributed by atoms with E-state index in [0.717, 1.165) is 17.5 Å². The first-order valence-corrected chi connectivity index (χ1v) is 5.89. The number of aromatic nitrogens is 2. The molecule has 0 saturated carbocycles. The largest absolute Gasteiger partial charge is 0.412 e. The summed E-state index contributed by atoms with van der Waals surface area (Å²) in [6.07, 6.45) is 0.866. The van der Waals surface area contributed by atoms with Crippen LogP contribution in [-0.4, -0.2) is 22.6 Å². The third kappa shape index (κ3) is 2.74. The molecule has 1 aromatic carbocycles. The second kappa shape index (κ2) is 5.44. The number of hydrogen-bond donors (Lipinski definition) is 1. The predicted octanol–water partition coefficient (Wildman–Crippen LogP) is 2.18. The molecule has 0 fully saturated rings. The Bertz CT molecular complexity index is 531. The van der Waals surface area contributed by atoms with Crippen molar-refractivity contribution in [3.63, 3.8) is 0 Å². The van der Waals surface area contributed by atoms with Crippen LogP contribution in [0.5, 0.6) is 0 Å². The van der Waals surface area contributed by atoms with Crippen molar-refractivity contribution in [3.05, 3.63) is 35.7 Å². The highest BCUT2D eigenvalue weighted by Crippen LogP contribution is 2.17. The Morgan fingerprint density at radius 2 is 2.00 bits per heavy atom. The van der Waals surface area contributed by atoms with Gasteiger partial charge in [-0.1, -0.05) is 24.6 Å². The molecule has 0 saturated heterocycles. The molecule has 0 spiro atoms. The molecule has 1 N–H and O–H groups in total. The van der Waals surface area contributed by atoms with Crippen molar-refractivity contribution in [1.82, 2.24) is 15.5 Å². The fraction of sp³-hybridized carbons (Fsp3) is 0.308. The van der Waals surface area contributed by atoms with Crippen molar-refractivity contribution in [1.29, 1.82) is 0 Å². The summed E-state index contributed by atoms with van der Waals surface area (Å²) in [7, 11) is 0. The van der Waals surface area contributed by atoms with Gasteiger partial charge in [-0.3, -0.25) is 4.79 Å². The Morgan fingerprint density at radius 1 is 1.28 bits per heavy atom. The van der Waals surface area contributed by atoms with Crippen molar-refractivity contribution in [3.8, 4) is 11.5 Å². The molecule has 18 heavy (non-hydrogen) atoms. The zero-order chi connectivity index (χ0) is 13.0. The zero-order valence-electron chi connectivity index (χ0n) is 10.4. The minimum atomic E-state index is -0.331. The van der Waals surface area contributed by atoms with E-state index < -0.39 is 0 Å². The van der Waals surface area contributed by atoms with Gasteiger partial charge in [0.2, 0.25) is 5.89 Å². The van der Waals surface area contributed by atoms with Crippen LogP contribution in [0.4, 0.5) is 0 Å². The molecular formula is C13H15N3O2. The second-order valence-electron chi connectivity index (χ2n) is 4.03. The predicted molar refractivity (Wildman–Crippen MR) is 67.1 cm³/mol. The molecule has 0 atom stereocenters. The maximum atomic E-state index is 11.6. The van der Waals surface area contributed by atoms with Gasteiger partial charge in [-0.05, 0) is 25.5 Å². The number of amides is 1. The lowest BCUT2D eigenvalue weighted by atomic mass is 10.1. The second-order valence-corrected chi connectivity index (χ2v) is 4.03. The maximum Gasteiger partial charge on any atom is 0.308 e. The van der Waals surface area contributed by atoms with E-state index in [1.807, 2.05) is 38.1 Å². The Labute approximate surface area is 105 Å². The number of rotatable bonds is 4. The third-order valence-corrected chi connectivity index (χ3v) is 2.45. The minimum absolute atomic E-state index is 0.000903. The molecule has 0 radical (unpaired) electrons. The zero-order valence-corrected chi connectivity index (χ0v) is 10.4. The smallest absolute Gasteiger partial charge is 0.308 e. The van der Waals surface area contributed by atoms with Crippen LogP contribution in [0.1, 0.15) is 29.6 Å². The first-order valence-electron chi connectivity index (χ1n) is 5.89. The number of nitrogens with zero attached hydrogens (tertiary/aromatic N) is 2. The highest BCUT2D eigenvalue weighted by molar-refractivity contribution is 5.89. The van der Waals surface area contributed by atoms with Crippen LogP contribution in [0.3, 0.4) is 0 Å². The van der Waals surface area contributed by atoms with Gasteiger partial charge in [-0.15, -0.1) is 10.2 Å². The Hall–Kier alpha value is -2.17. The van der Waals surface area contributed by atoms with Crippen molar-refractivity contribution in [2.24, 2.45) is 0 Å². The van der Waals surface area contributed by atoms with Crippen molar-refractivity contribution in [2.45, 2.75) is 20.3 Å². The summed E-state index contributed by atoms with van der Waals surface area (Å²) >= 11 is 0. The lowest BCUT2D eigenvalue weighted by molar-refractivity contribution is 0.0919. The SMILES string of the molecule is CCCNC(=O)c1nnc(-c2ccc(C)cc2)o1. The van der Waals surface area contributed by atoms with E-state index in [1.54, 1.807) is 0 Å². The topological polar surface area (TPSA) is 68.0 Å². The molecule has 1 amide bonds. The van der Waals surface area contributed by atoms with Gasteiger partial charge in [0, 0.05) is 12.1 Å². The minimum Gasteiger partial charge on any atom is -0.412 e. The first-order chi connectivity index (χ1) is 8.70. The standard InChI is InChI=1S/C13H15N3O2/c1-3-8-14-11(17)13-16-15-12(18-13)10-6-4-9(2)5-7-10/h4-7H,3,8H2,1-2H3,(H,14,17). The van der Waals surface area contributed by atoms with Gasteiger partial charge in [0.25, 0.3) is 0 Å². The van der Waals surface area contributed by atoms with Gasteiger partial charge >= 0.3 is 11.8 Å². The first kappa shape index (κ1) is 12.3. The molecule has 2 aromatic rings. The van der Waals surface area contributed by atoms with Crippen LogP contribution >= 0.6 is 0 Å². The average molecular weight is 245 g/mol. The molecule has 1 aromatic heterocycles. The van der Waals surface area contributed by atoms with Crippen molar-refractivity contribution < 1.29 is 9.21 Å². The Morgan fingerprint density at radius 3 is 2.67 bits per heavy atom. The highest BCUT2D eigenvalue weighted by Gasteiger charge is 2.14. The van der Waals surface area contributed by atoms with Gasteiger partial charge in [0.1, 0.15) is 0 Å². The fourth-order valence-electron chi connectivity index (χ4n) is 1.44. The molecule has 0 aliphatic heterocycles. The van der Waals surface area contributed by atoms with Gasteiger partial charge in [0.15, 0.2) is 0 Å². The quantitative estimate of drug-likeness (QED) is 0.896. The normalized spacial score (nSPS) is 10.3. The molecular weight excluding hydrogens is 230 g/mol. The van der Waals surface area contributed by atoms with E-state index >= 15 is 0 Å². The molecule has 5 heteroatoms. The van der Waals surface area contributed by atoms with Crippen LogP contribution in [0.2, 0.25) is 0 Å². The van der Waals surface area contributed by atoms with Crippen LogP contribution in [0.15, 0.2) is 28.7 Å². The van der Waals surface area contributed by atoms with Crippen LogP contribution in [0, 0.1) is 6.92 Å². The average Bonchev–Trinajstić information content (AvgIpc) is 2.86. The lowest BCUT2D eigenvalue weighted by Crippen LogP contribution is -2.24. The molecule has 2 rings (SSSR count). The number of carbonyl (C=O) groups is 1. The third-order valence-electron chi connectivity index (χ3n) is 2.45. The van der Waals surface area contributed by atoms with Gasteiger partial charge in [-0.25, -0.2) is 0 Å². The summed E-state index contributed by atoms with van der Waals surface area (Å²) in [6, 6.07) is 7.68. The summed E-state index contributed by atoms with van der Waals surface area (Å²) in [5.41, 5.74) is 1.96. The number of aryl methyl sites for hydroxylation is 1. The van der Waals surface area contributed by atoms with E-state index in [2.05, 4.69) is 15.5 Å². The molecule has 0 aliphatic carbocycles. The highest BCUT2D eigenvalue weighted by atomic mass is 16.4. The van der Waals surface area contributed by atoms with Gasteiger partial charge in [-0.2, -0.15) is 0 Å². The van der Waals surface area contributed by atoms with Crippen LogP contribution < -0.4 is 5.32 Å². The summed E-state index contributed by atoms with van der Waals surface area (Å²) in [6.45, 7) is 4.58. The molecule has 94 valence electrons. The number of hydrogen-bond acceptors (Lipinski definition) is 4. The van der Waals surface area contributed by atoms with Gasteiger partial charge in [0.05, 0.1) is 0 Å². The van der Waals surface area contributed by atoms with E-state index in [0.29, 0.717) is 12.4 Å². The van der Waals surface area contributed by atoms with E-state index in [-0.39, 0.29) is 11.8 Å². The summed E-state index contributed by atoms with van der Waals surface area (Å²) < 4.78 is 5.33. The summed E-state index contributed by atoms with van der Waals surface area (Å²) in [5.74, 6) is 0.0263. The van der Waals surface area contributed by atoms with Crippen molar-refractivity contribution in [2.75, 3.05) is 6.54 Å². The van der Waals surface area contributed by atoms with Gasteiger partial charge < -0.3 is 9.73 Å². The Kier molecular flexibility index (Phi) is 3.72. The van der Waals surface area contributed by atoms with Crippen LogP contribution in [-0.2, 0) is 0 Å². The van der Waals surface area contributed by atoms with E-state index in [4.69, 9.17) is 4.42 Å². The maximum absolute atomic E-state index is 11.6. The van der Waals surface area contributed by atoms with Crippen LogP contribution in [0.25, 0.3) is 11.5 Å². The number of nitrogens with one attached hydrogen (secondary N) is 1.